The van der Waals surface area contributed by atoms with E-state index in [0.717, 1.165) is 19.3 Å². The minimum absolute atomic E-state index is 0.187. The molecule has 1 saturated heterocycles. The average Bonchev–Trinajstić information content (AvgIpc) is 2.15. The summed E-state index contributed by atoms with van der Waals surface area (Å²) in [4.78, 5) is 13.3. The number of allylic oxidation sites excluding steroid dienone is 1. The predicted molar refractivity (Wildman–Crippen MR) is 51.3 cm³/mol. The number of hydrogen-bond acceptors (Lipinski definition) is 2. The molecule has 0 radical (unpaired) electrons. The highest BCUT2D eigenvalue weighted by Crippen LogP contribution is 2.11. The van der Waals surface area contributed by atoms with E-state index in [0.29, 0.717) is 19.5 Å². The number of carbonyl (C=O) groups is 1. The average molecular weight is 183 g/mol. The number of hydrogen-bond donors (Lipinski definition) is 1. The van der Waals surface area contributed by atoms with Gasteiger partial charge in [0.1, 0.15) is 0 Å². The van der Waals surface area contributed by atoms with E-state index < -0.39 is 0 Å². The Hall–Kier alpha value is -0.830. The first-order chi connectivity index (χ1) is 6.24. The van der Waals surface area contributed by atoms with E-state index in [4.69, 9.17) is 0 Å². The summed E-state index contributed by atoms with van der Waals surface area (Å²) in [6, 6.07) is 0. The van der Waals surface area contributed by atoms with Crippen molar-refractivity contribution in [3.05, 3.63) is 12.7 Å². The van der Waals surface area contributed by atoms with Crippen molar-refractivity contribution in [3.63, 3.8) is 0 Å². The lowest BCUT2D eigenvalue weighted by atomic mass is 10.1. The maximum absolute atomic E-state index is 11.5. The summed E-state index contributed by atoms with van der Waals surface area (Å²) in [6.07, 6.45) is 4.30. The number of aliphatic hydroxyl groups is 1. The zero-order chi connectivity index (χ0) is 9.68. The van der Waals surface area contributed by atoms with Crippen molar-refractivity contribution in [2.75, 3.05) is 13.1 Å². The molecule has 1 fully saturated rings. The Balaban J connectivity index is 2.27. The van der Waals surface area contributed by atoms with Crippen molar-refractivity contribution in [1.82, 2.24) is 4.90 Å². The van der Waals surface area contributed by atoms with Crippen LogP contribution >= 0.6 is 0 Å². The van der Waals surface area contributed by atoms with E-state index in [9.17, 15) is 9.90 Å². The Morgan fingerprint density at radius 1 is 1.54 bits per heavy atom. The van der Waals surface area contributed by atoms with Gasteiger partial charge in [-0.25, -0.2) is 0 Å². The van der Waals surface area contributed by atoms with Crippen LogP contribution in [0.15, 0.2) is 12.7 Å². The SMILES string of the molecule is C=CCCC(=O)N1CCC(O)CC1. The number of amides is 1. The molecule has 0 unspecified atom stereocenters. The van der Waals surface area contributed by atoms with Crippen LogP contribution in [-0.2, 0) is 4.79 Å². The first-order valence-electron chi connectivity index (χ1n) is 4.80. The Morgan fingerprint density at radius 3 is 2.69 bits per heavy atom. The van der Waals surface area contributed by atoms with Crippen LogP contribution in [0.4, 0.5) is 0 Å². The van der Waals surface area contributed by atoms with Gasteiger partial charge in [-0.1, -0.05) is 6.08 Å². The molecular weight excluding hydrogens is 166 g/mol. The van der Waals surface area contributed by atoms with Gasteiger partial charge in [-0.05, 0) is 19.3 Å². The minimum atomic E-state index is -0.205. The van der Waals surface area contributed by atoms with Crippen molar-refractivity contribution in [1.29, 1.82) is 0 Å². The Morgan fingerprint density at radius 2 is 2.15 bits per heavy atom. The van der Waals surface area contributed by atoms with Crippen LogP contribution < -0.4 is 0 Å². The quantitative estimate of drug-likeness (QED) is 0.661. The van der Waals surface area contributed by atoms with Gasteiger partial charge >= 0.3 is 0 Å². The lowest BCUT2D eigenvalue weighted by Gasteiger charge is -2.29. The standard InChI is InChI=1S/C10H17NO2/c1-2-3-4-10(13)11-7-5-9(12)6-8-11/h2,9,12H,1,3-8H2. The second kappa shape index (κ2) is 5.02. The Kier molecular flexibility index (Phi) is 3.96. The highest BCUT2D eigenvalue weighted by molar-refractivity contribution is 5.76. The van der Waals surface area contributed by atoms with Gasteiger partial charge in [0.05, 0.1) is 6.10 Å². The van der Waals surface area contributed by atoms with Crippen LogP contribution in [0.5, 0.6) is 0 Å². The van der Waals surface area contributed by atoms with E-state index in [1.165, 1.54) is 0 Å². The third-order valence-corrected chi connectivity index (χ3v) is 2.38. The third kappa shape index (κ3) is 3.19. The summed E-state index contributed by atoms with van der Waals surface area (Å²) >= 11 is 0. The second-order valence-corrected chi connectivity index (χ2v) is 3.44. The van der Waals surface area contributed by atoms with Crippen LogP contribution in [0.25, 0.3) is 0 Å². The molecule has 3 nitrogen and oxygen atoms in total. The van der Waals surface area contributed by atoms with E-state index in [-0.39, 0.29) is 12.0 Å². The maximum atomic E-state index is 11.5. The van der Waals surface area contributed by atoms with E-state index in [1.807, 2.05) is 4.90 Å². The Labute approximate surface area is 79.0 Å². The lowest BCUT2D eigenvalue weighted by molar-refractivity contribution is -0.133. The molecule has 0 aromatic carbocycles. The van der Waals surface area contributed by atoms with Crippen LogP contribution in [0.2, 0.25) is 0 Å². The number of carbonyl (C=O) groups excluding carboxylic acids is 1. The third-order valence-electron chi connectivity index (χ3n) is 2.38. The predicted octanol–water partition coefficient (Wildman–Crippen LogP) is 0.936. The number of likely N-dealkylation sites (tertiary alicyclic amines) is 1. The molecule has 1 rings (SSSR count). The monoisotopic (exact) mass is 183 g/mol. The first kappa shape index (κ1) is 10.3. The molecule has 0 atom stereocenters. The minimum Gasteiger partial charge on any atom is -0.393 e. The van der Waals surface area contributed by atoms with E-state index in [2.05, 4.69) is 6.58 Å². The molecule has 0 bridgehead atoms. The van der Waals surface area contributed by atoms with Gasteiger partial charge in [0.25, 0.3) is 0 Å². The fraction of sp³-hybridized carbons (Fsp3) is 0.700. The van der Waals surface area contributed by atoms with Gasteiger partial charge in [0.2, 0.25) is 5.91 Å². The normalized spacial score (nSPS) is 18.7. The number of aliphatic hydroxyl groups excluding tert-OH is 1. The highest BCUT2D eigenvalue weighted by Gasteiger charge is 2.20. The number of piperidine rings is 1. The molecule has 1 aliphatic rings. The van der Waals surface area contributed by atoms with Crippen molar-refractivity contribution < 1.29 is 9.90 Å². The van der Waals surface area contributed by atoms with Gasteiger partial charge in [-0.2, -0.15) is 0 Å². The summed E-state index contributed by atoms with van der Waals surface area (Å²) in [5.74, 6) is 0.187. The second-order valence-electron chi connectivity index (χ2n) is 3.44. The topological polar surface area (TPSA) is 40.5 Å². The first-order valence-corrected chi connectivity index (χ1v) is 4.80. The highest BCUT2D eigenvalue weighted by atomic mass is 16.3. The Bertz CT molecular complexity index is 183. The van der Waals surface area contributed by atoms with Crippen molar-refractivity contribution >= 4 is 5.91 Å². The summed E-state index contributed by atoms with van der Waals surface area (Å²) < 4.78 is 0. The fourth-order valence-corrected chi connectivity index (χ4v) is 1.50. The molecule has 3 heteroatoms. The molecule has 0 aromatic rings. The van der Waals surface area contributed by atoms with Crippen molar-refractivity contribution in [2.45, 2.75) is 31.8 Å². The molecule has 1 heterocycles. The molecule has 13 heavy (non-hydrogen) atoms. The fourth-order valence-electron chi connectivity index (χ4n) is 1.50. The molecule has 0 aliphatic carbocycles. The van der Waals surface area contributed by atoms with Gasteiger partial charge in [0.15, 0.2) is 0 Å². The number of rotatable bonds is 3. The summed E-state index contributed by atoms with van der Waals surface area (Å²) in [5.41, 5.74) is 0. The smallest absolute Gasteiger partial charge is 0.222 e. The summed E-state index contributed by atoms with van der Waals surface area (Å²) in [7, 11) is 0. The molecule has 0 spiro atoms. The number of nitrogens with zero attached hydrogens (tertiary/aromatic N) is 1. The molecule has 1 aliphatic heterocycles. The van der Waals surface area contributed by atoms with E-state index in [1.54, 1.807) is 6.08 Å². The summed E-state index contributed by atoms with van der Waals surface area (Å²) in [5, 5.41) is 9.23. The molecule has 74 valence electrons. The van der Waals surface area contributed by atoms with Crippen molar-refractivity contribution in [2.24, 2.45) is 0 Å². The molecule has 1 N–H and O–H groups in total. The van der Waals surface area contributed by atoms with Crippen LogP contribution in [-0.4, -0.2) is 35.1 Å². The summed E-state index contributed by atoms with van der Waals surface area (Å²) in [6.45, 7) is 4.99. The molecule has 0 aromatic heterocycles. The molecule has 0 saturated carbocycles. The van der Waals surface area contributed by atoms with Gasteiger partial charge in [-0.3, -0.25) is 4.79 Å². The zero-order valence-electron chi connectivity index (χ0n) is 7.91. The van der Waals surface area contributed by atoms with Crippen molar-refractivity contribution in [3.8, 4) is 0 Å². The van der Waals surface area contributed by atoms with Crippen LogP contribution in [0, 0.1) is 0 Å². The van der Waals surface area contributed by atoms with Crippen LogP contribution in [0.1, 0.15) is 25.7 Å². The largest absolute Gasteiger partial charge is 0.393 e. The molecular formula is C10H17NO2. The lowest BCUT2D eigenvalue weighted by Crippen LogP contribution is -2.39. The van der Waals surface area contributed by atoms with Crippen LogP contribution in [0.3, 0.4) is 0 Å². The van der Waals surface area contributed by atoms with Gasteiger partial charge in [-0.15, -0.1) is 6.58 Å². The van der Waals surface area contributed by atoms with Gasteiger partial charge < -0.3 is 10.0 Å². The molecule has 1 amide bonds. The maximum Gasteiger partial charge on any atom is 0.222 e. The van der Waals surface area contributed by atoms with E-state index >= 15 is 0 Å². The van der Waals surface area contributed by atoms with Gasteiger partial charge in [0, 0.05) is 19.5 Å². The zero-order valence-corrected chi connectivity index (χ0v) is 7.91.